The smallest absolute Gasteiger partial charge is 0.0920 e. The Morgan fingerprint density at radius 2 is 2.00 bits per heavy atom. The van der Waals surface area contributed by atoms with Crippen molar-refractivity contribution in [3.8, 4) is 11.8 Å². The molecule has 0 heterocycles. The maximum atomic E-state index is 5.78. The highest BCUT2D eigenvalue weighted by Gasteiger charge is 1.98. The lowest BCUT2D eigenvalue weighted by atomic mass is 10.1. The molecule has 2 N–H and O–H groups in total. The minimum atomic E-state index is -0.173. The maximum Gasteiger partial charge on any atom is 0.0920 e. The van der Waals surface area contributed by atoms with E-state index < -0.39 is 0 Å². The fraction of sp³-hybridized carbons (Fsp3) is 0.182. The zero-order chi connectivity index (χ0) is 8.81. The van der Waals surface area contributed by atoms with Crippen molar-refractivity contribution in [3.63, 3.8) is 0 Å². The van der Waals surface area contributed by atoms with Crippen molar-refractivity contribution in [3.05, 3.63) is 42.8 Å². The van der Waals surface area contributed by atoms with E-state index >= 15 is 0 Å². The molecule has 0 aliphatic carbocycles. The quantitative estimate of drug-likeness (QED) is 0.621. The monoisotopic (exact) mass is 158 g/mol. The second-order valence-electron chi connectivity index (χ2n) is 2.46. The van der Waals surface area contributed by atoms with Gasteiger partial charge in [0.15, 0.2) is 0 Å². The fourth-order valence-corrected chi connectivity index (χ4v) is 0.926. The first-order valence-electron chi connectivity index (χ1n) is 3.92. The third kappa shape index (κ3) is 2.41. The summed E-state index contributed by atoms with van der Waals surface area (Å²) in [7, 11) is 0. The summed E-state index contributed by atoms with van der Waals surface area (Å²) in [4.78, 5) is 0. The van der Waals surface area contributed by atoms with E-state index in [2.05, 4.69) is 18.8 Å². The topological polar surface area (TPSA) is 26.0 Å². The minimum absolute atomic E-state index is 0.173. The van der Waals surface area contributed by atoms with Crippen LogP contribution in [0.3, 0.4) is 0 Å². The third-order valence-corrected chi connectivity index (χ3v) is 1.54. The molecule has 1 unspecified atom stereocenters. The molecule has 0 aliphatic rings. The number of benzene rings is 1. The Bertz CT molecular complexity index is 279. The van der Waals surface area contributed by atoms with Gasteiger partial charge in [-0.2, -0.15) is 0 Å². The molecule has 61 valence electrons. The van der Waals surface area contributed by atoms with Crippen LogP contribution in [-0.2, 0) is 0 Å². The molecule has 1 aromatic rings. The molecular formula is C11H12N. The maximum absolute atomic E-state index is 5.78. The largest absolute Gasteiger partial charge is 0.314 e. The first-order chi connectivity index (χ1) is 5.84. The molecule has 0 spiro atoms. The van der Waals surface area contributed by atoms with Gasteiger partial charge < -0.3 is 5.73 Å². The summed E-state index contributed by atoms with van der Waals surface area (Å²) in [6.07, 6.45) is 0.612. The molecule has 1 nitrogen and oxygen atoms in total. The molecular weight excluding hydrogens is 146 g/mol. The van der Waals surface area contributed by atoms with Gasteiger partial charge in [0, 0.05) is 6.42 Å². The summed E-state index contributed by atoms with van der Waals surface area (Å²) in [5.41, 5.74) is 6.83. The van der Waals surface area contributed by atoms with Crippen molar-refractivity contribution in [2.45, 2.75) is 12.5 Å². The molecule has 0 aliphatic heterocycles. The SMILES string of the molecule is [CH2]CC#CC(N)c1ccccc1. The Labute approximate surface area is 73.6 Å². The molecule has 0 bridgehead atoms. The molecule has 0 saturated heterocycles. The molecule has 1 radical (unpaired) electrons. The van der Waals surface area contributed by atoms with Crippen LogP contribution in [0.4, 0.5) is 0 Å². The van der Waals surface area contributed by atoms with Gasteiger partial charge in [-0.15, -0.1) is 5.92 Å². The Balaban J connectivity index is 2.72. The lowest BCUT2D eigenvalue weighted by molar-refractivity contribution is 0.944. The van der Waals surface area contributed by atoms with Crippen LogP contribution in [0.1, 0.15) is 18.0 Å². The number of hydrogen-bond acceptors (Lipinski definition) is 1. The van der Waals surface area contributed by atoms with E-state index in [0.717, 1.165) is 5.56 Å². The van der Waals surface area contributed by atoms with Crippen molar-refractivity contribution in [1.29, 1.82) is 0 Å². The van der Waals surface area contributed by atoms with Gasteiger partial charge in [-0.05, 0) is 12.5 Å². The Morgan fingerprint density at radius 3 is 2.58 bits per heavy atom. The van der Waals surface area contributed by atoms with E-state index in [0.29, 0.717) is 6.42 Å². The summed E-state index contributed by atoms with van der Waals surface area (Å²) in [6.45, 7) is 3.62. The Hall–Kier alpha value is -1.26. The van der Waals surface area contributed by atoms with Crippen molar-refractivity contribution < 1.29 is 0 Å². The number of rotatable bonds is 1. The van der Waals surface area contributed by atoms with Gasteiger partial charge in [0.25, 0.3) is 0 Å². The van der Waals surface area contributed by atoms with Gasteiger partial charge in [-0.3, -0.25) is 0 Å². The van der Waals surface area contributed by atoms with Gasteiger partial charge in [0.05, 0.1) is 6.04 Å². The van der Waals surface area contributed by atoms with Crippen molar-refractivity contribution in [1.82, 2.24) is 0 Å². The molecule has 1 aromatic carbocycles. The summed E-state index contributed by atoms with van der Waals surface area (Å²) >= 11 is 0. The fourth-order valence-electron chi connectivity index (χ4n) is 0.926. The molecule has 0 saturated carbocycles. The molecule has 1 atom stereocenters. The van der Waals surface area contributed by atoms with Gasteiger partial charge in [-0.25, -0.2) is 0 Å². The average Bonchev–Trinajstić information content (AvgIpc) is 2.15. The molecule has 0 fully saturated rings. The summed E-state index contributed by atoms with van der Waals surface area (Å²) in [5, 5.41) is 0. The van der Waals surface area contributed by atoms with Crippen LogP contribution in [0.25, 0.3) is 0 Å². The Kier molecular flexibility index (Phi) is 3.37. The standard InChI is InChI=1S/C11H12N/c1-2-3-9-11(12)10-7-5-4-6-8-10/h4-8,11H,1-2,12H2. The van der Waals surface area contributed by atoms with Crippen LogP contribution in [0, 0.1) is 18.8 Å². The van der Waals surface area contributed by atoms with Crippen molar-refractivity contribution in [2.75, 3.05) is 0 Å². The molecule has 0 amide bonds. The first kappa shape index (κ1) is 8.83. The van der Waals surface area contributed by atoms with E-state index in [1.807, 2.05) is 30.3 Å². The van der Waals surface area contributed by atoms with Crippen LogP contribution in [0.2, 0.25) is 0 Å². The molecule has 1 rings (SSSR count). The van der Waals surface area contributed by atoms with Crippen molar-refractivity contribution >= 4 is 0 Å². The normalized spacial score (nSPS) is 11.5. The molecule has 0 aromatic heterocycles. The van der Waals surface area contributed by atoms with Crippen LogP contribution in [0.5, 0.6) is 0 Å². The predicted molar refractivity (Wildman–Crippen MR) is 51.1 cm³/mol. The highest BCUT2D eigenvalue weighted by atomic mass is 14.6. The molecule has 12 heavy (non-hydrogen) atoms. The third-order valence-electron chi connectivity index (χ3n) is 1.54. The zero-order valence-corrected chi connectivity index (χ0v) is 6.96. The summed E-state index contributed by atoms with van der Waals surface area (Å²) in [5.74, 6) is 5.77. The van der Waals surface area contributed by atoms with E-state index in [1.54, 1.807) is 0 Å². The van der Waals surface area contributed by atoms with E-state index in [9.17, 15) is 0 Å². The second-order valence-corrected chi connectivity index (χ2v) is 2.46. The van der Waals surface area contributed by atoms with E-state index in [4.69, 9.17) is 5.73 Å². The van der Waals surface area contributed by atoms with Gasteiger partial charge in [0.1, 0.15) is 0 Å². The average molecular weight is 158 g/mol. The van der Waals surface area contributed by atoms with Gasteiger partial charge >= 0.3 is 0 Å². The molecule has 1 heteroatoms. The predicted octanol–water partition coefficient (Wildman–Crippen LogP) is 1.91. The van der Waals surface area contributed by atoms with Crippen LogP contribution in [0.15, 0.2) is 30.3 Å². The van der Waals surface area contributed by atoms with Crippen LogP contribution in [-0.4, -0.2) is 0 Å². The first-order valence-corrected chi connectivity index (χ1v) is 3.92. The lowest BCUT2D eigenvalue weighted by Gasteiger charge is -2.02. The lowest BCUT2D eigenvalue weighted by Crippen LogP contribution is -2.06. The highest BCUT2D eigenvalue weighted by Crippen LogP contribution is 2.07. The van der Waals surface area contributed by atoms with Crippen molar-refractivity contribution in [2.24, 2.45) is 5.73 Å². The minimum Gasteiger partial charge on any atom is -0.314 e. The van der Waals surface area contributed by atoms with Gasteiger partial charge in [-0.1, -0.05) is 36.3 Å². The van der Waals surface area contributed by atoms with E-state index in [1.165, 1.54) is 0 Å². The van der Waals surface area contributed by atoms with Crippen LogP contribution < -0.4 is 5.73 Å². The highest BCUT2D eigenvalue weighted by molar-refractivity contribution is 5.26. The van der Waals surface area contributed by atoms with Crippen LogP contribution >= 0.6 is 0 Å². The summed E-state index contributed by atoms with van der Waals surface area (Å²) < 4.78 is 0. The zero-order valence-electron chi connectivity index (χ0n) is 6.96. The summed E-state index contributed by atoms with van der Waals surface area (Å²) in [6, 6.07) is 9.66. The second kappa shape index (κ2) is 4.58. The Morgan fingerprint density at radius 1 is 1.33 bits per heavy atom. The number of nitrogens with two attached hydrogens (primary N) is 1. The number of hydrogen-bond donors (Lipinski definition) is 1. The van der Waals surface area contributed by atoms with Gasteiger partial charge in [0.2, 0.25) is 0 Å². The van der Waals surface area contributed by atoms with E-state index in [-0.39, 0.29) is 6.04 Å².